The maximum absolute atomic E-state index is 11.9. The Bertz CT molecular complexity index is 506. The maximum Gasteiger partial charge on any atom is 0.268 e. The van der Waals surface area contributed by atoms with E-state index in [1.807, 2.05) is 0 Å². The molecule has 0 aliphatic heterocycles. The first-order chi connectivity index (χ1) is 7.72. The van der Waals surface area contributed by atoms with Crippen LogP contribution in [0.2, 0.25) is 0 Å². The van der Waals surface area contributed by atoms with E-state index >= 15 is 0 Å². The van der Waals surface area contributed by atoms with E-state index in [1.54, 1.807) is 13.8 Å². The molecule has 0 bridgehead atoms. The van der Waals surface area contributed by atoms with E-state index in [4.69, 9.17) is 0 Å². The topological polar surface area (TPSA) is 66.9 Å². The Labute approximate surface area is 101 Å². The first-order valence-corrected chi connectivity index (χ1v) is 5.78. The molecule has 1 aromatic rings. The molecule has 0 aromatic carbocycles. The Kier molecular flexibility index (Phi) is 3.93. The third-order valence-corrected chi connectivity index (χ3v) is 2.70. The van der Waals surface area contributed by atoms with E-state index in [2.05, 4.69) is 31.2 Å². The Hall–Kier alpha value is -1.36. The molecule has 2 N–H and O–H groups in total. The van der Waals surface area contributed by atoms with Gasteiger partial charge in [0.05, 0.1) is 6.54 Å². The van der Waals surface area contributed by atoms with Crippen molar-refractivity contribution < 1.29 is 0 Å². The number of nitrogens with one attached hydrogen (secondary N) is 2. The zero-order chi connectivity index (χ0) is 13.2. The second-order valence-electron chi connectivity index (χ2n) is 5.32. The van der Waals surface area contributed by atoms with Gasteiger partial charge in [0.15, 0.2) is 0 Å². The van der Waals surface area contributed by atoms with Crippen LogP contribution >= 0.6 is 0 Å². The molecule has 1 rings (SSSR count). The lowest BCUT2D eigenvalue weighted by atomic mass is 10.1. The normalized spacial score (nSPS) is 11.8. The number of aromatic amines is 1. The van der Waals surface area contributed by atoms with E-state index in [0.29, 0.717) is 24.2 Å². The summed E-state index contributed by atoms with van der Waals surface area (Å²) < 4.78 is 1.36. The van der Waals surface area contributed by atoms with E-state index in [1.165, 1.54) is 4.68 Å². The molecule has 0 amide bonds. The lowest BCUT2D eigenvalue weighted by molar-refractivity contribution is 0.399. The zero-order valence-corrected chi connectivity index (χ0v) is 11.2. The summed E-state index contributed by atoms with van der Waals surface area (Å²) >= 11 is 0. The van der Waals surface area contributed by atoms with Gasteiger partial charge in [-0.25, -0.2) is 4.68 Å². The number of hydrogen-bond donors (Lipinski definition) is 2. The van der Waals surface area contributed by atoms with Gasteiger partial charge in [-0.1, -0.05) is 0 Å². The lowest BCUT2D eigenvalue weighted by Crippen LogP contribution is -2.41. The van der Waals surface area contributed by atoms with Gasteiger partial charge in [0.1, 0.15) is 0 Å². The monoisotopic (exact) mass is 239 g/mol. The molecule has 1 aromatic heterocycles. The van der Waals surface area contributed by atoms with Crippen LogP contribution in [-0.4, -0.2) is 21.9 Å². The SMILES string of the molecule is Cc1c(C)c(=O)n(CCNC(C)(C)C)[nH]c1=O. The van der Waals surface area contributed by atoms with Gasteiger partial charge < -0.3 is 5.32 Å². The molecule has 0 spiro atoms. The molecular formula is C12H21N3O2. The summed E-state index contributed by atoms with van der Waals surface area (Å²) in [5.74, 6) is 0. The highest BCUT2D eigenvalue weighted by molar-refractivity contribution is 5.17. The third kappa shape index (κ3) is 3.56. The van der Waals surface area contributed by atoms with Crippen LogP contribution in [0.1, 0.15) is 31.9 Å². The van der Waals surface area contributed by atoms with Gasteiger partial charge in [-0.3, -0.25) is 14.7 Å². The highest BCUT2D eigenvalue weighted by Crippen LogP contribution is 1.97. The summed E-state index contributed by atoms with van der Waals surface area (Å²) in [7, 11) is 0. The van der Waals surface area contributed by atoms with Gasteiger partial charge >= 0.3 is 0 Å². The molecule has 5 heteroatoms. The van der Waals surface area contributed by atoms with E-state index in [-0.39, 0.29) is 16.7 Å². The molecule has 0 unspecified atom stereocenters. The summed E-state index contributed by atoms with van der Waals surface area (Å²) in [4.78, 5) is 23.4. The second kappa shape index (κ2) is 4.87. The van der Waals surface area contributed by atoms with Crippen LogP contribution in [0.4, 0.5) is 0 Å². The Balaban J connectivity index is 2.87. The van der Waals surface area contributed by atoms with Crippen LogP contribution in [-0.2, 0) is 6.54 Å². The van der Waals surface area contributed by atoms with Crippen molar-refractivity contribution in [3.05, 3.63) is 31.8 Å². The van der Waals surface area contributed by atoms with Crippen molar-refractivity contribution in [2.45, 2.75) is 46.7 Å². The molecular weight excluding hydrogens is 218 g/mol. The van der Waals surface area contributed by atoms with E-state index in [0.717, 1.165) is 0 Å². The molecule has 0 saturated heterocycles. The average Bonchev–Trinajstić information content (AvgIpc) is 2.21. The zero-order valence-electron chi connectivity index (χ0n) is 11.2. The fourth-order valence-electron chi connectivity index (χ4n) is 1.49. The largest absolute Gasteiger partial charge is 0.310 e. The smallest absolute Gasteiger partial charge is 0.268 e. The molecule has 0 saturated carbocycles. The summed E-state index contributed by atoms with van der Waals surface area (Å²) in [6, 6.07) is 0. The molecule has 0 radical (unpaired) electrons. The highest BCUT2D eigenvalue weighted by Gasteiger charge is 2.10. The van der Waals surface area contributed by atoms with Gasteiger partial charge in [-0.15, -0.1) is 0 Å². The molecule has 96 valence electrons. The van der Waals surface area contributed by atoms with Crippen LogP contribution in [0.25, 0.3) is 0 Å². The first-order valence-electron chi connectivity index (χ1n) is 5.78. The lowest BCUT2D eigenvalue weighted by Gasteiger charge is -2.20. The molecule has 17 heavy (non-hydrogen) atoms. The van der Waals surface area contributed by atoms with Crippen molar-refractivity contribution in [1.29, 1.82) is 0 Å². The Morgan fingerprint density at radius 3 is 2.29 bits per heavy atom. The van der Waals surface area contributed by atoms with Crippen LogP contribution < -0.4 is 16.4 Å². The fraction of sp³-hybridized carbons (Fsp3) is 0.667. The standard InChI is InChI=1S/C12H21N3O2/c1-8-9(2)11(17)15(14-10(8)16)7-6-13-12(3,4)5/h13H,6-7H2,1-5H3,(H,14,16). The summed E-state index contributed by atoms with van der Waals surface area (Å²) in [6.45, 7) is 10.6. The maximum atomic E-state index is 11.9. The Morgan fingerprint density at radius 2 is 1.76 bits per heavy atom. The molecule has 0 fully saturated rings. The molecule has 1 heterocycles. The minimum atomic E-state index is -0.196. The van der Waals surface area contributed by atoms with Crippen molar-refractivity contribution in [2.75, 3.05) is 6.54 Å². The van der Waals surface area contributed by atoms with Crippen molar-refractivity contribution in [2.24, 2.45) is 0 Å². The van der Waals surface area contributed by atoms with Crippen molar-refractivity contribution >= 4 is 0 Å². The van der Waals surface area contributed by atoms with Gasteiger partial charge in [-0.05, 0) is 34.6 Å². The second-order valence-corrected chi connectivity index (χ2v) is 5.32. The Morgan fingerprint density at radius 1 is 1.18 bits per heavy atom. The minimum absolute atomic E-state index is 0.00362. The van der Waals surface area contributed by atoms with Crippen LogP contribution in [0, 0.1) is 13.8 Å². The minimum Gasteiger partial charge on any atom is -0.310 e. The first kappa shape index (κ1) is 13.7. The van der Waals surface area contributed by atoms with Crippen molar-refractivity contribution in [3.8, 4) is 0 Å². The summed E-state index contributed by atoms with van der Waals surface area (Å²) in [5, 5.41) is 5.85. The number of aromatic nitrogens is 2. The third-order valence-electron chi connectivity index (χ3n) is 2.70. The van der Waals surface area contributed by atoms with Crippen LogP contribution in [0.3, 0.4) is 0 Å². The molecule has 0 aliphatic rings. The molecule has 0 atom stereocenters. The number of rotatable bonds is 3. The molecule has 0 aliphatic carbocycles. The summed E-state index contributed by atoms with van der Waals surface area (Å²) in [6.07, 6.45) is 0. The summed E-state index contributed by atoms with van der Waals surface area (Å²) in [5.41, 5.74) is 0.694. The van der Waals surface area contributed by atoms with Crippen molar-refractivity contribution in [3.63, 3.8) is 0 Å². The average molecular weight is 239 g/mol. The molecule has 5 nitrogen and oxygen atoms in total. The van der Waals surface area contributed by atoms with Crippen LogP contribution in [0.5, 0.6) is 0 Å². The predicted molar refractivity (Wildman–Crippen MR) is 68.6 cm³/mol. The quantitative estimate of drug-likeness (QED) is 0.809. The number of hydrogen-bond acceptors (Lipinski definition) is 3. The van der Waals surface area contributed by atoms with E-state index in [9.17, 15) is 9.59 Å². The highest BCUT2D eigenvalue weighted by atomic mass is 16.2. The predicted octanol–water partition coefficient (Wildman–Crippen LogP) is 0.542. The van der Waals surface area contributed by atoms with Gasteiger partial charge in [-0.2, -0.15) is 0 Å². The number of nitrogens with zero attached hydrogens (tertiary/aromatic N) is 1. The van der Waals surface area contributed by atoms with Gasteiger partial charge in [0.2, 0.25) is 0 Å². The van der Waals surface area contributed by atoms with Gasteiger partial charge in [0, 0.05) is 23.2 Å². The van der Waals surface area contributed by atoms with Crippen LogP contribution in [0.15, 0.2) is 9.59 Å². The van der Waals surface area contributed by atoms with Crippen molar-refractivity contribution in [1.82, 2.24) is 15.1 Å². The van der Waals surface area contributed by atoms with E-state index < -0.39 is 0 Å². The number of H-pyrrole nitrogens is 1. The fourth-order valence-corrected chi connectivity index (χ4v) is 1.49. The van der Waals surface area contributed by atoms with Gasteiger partial charge in [0.25, 0.3) is 11.1 Å².